The highest BCUT2D eigenvalue weighted by molar-refractivity contribution is 9.10. The van der Waals surface area contributed by atoms with Crippen LogP contribution in [0.15, 0.2) is 46.9 Å². The molecule has 0 amide bonds. The van der Waals surface area contributed by atoms with Crippen molar-refractivity contribution in [1.29, 1.82) is 0 Å². The third-order valence-corrected chi connectivity index (χ3v) is 4.24. The molecule has 0 radical (unpaired) electrons. The van der Waals surface area contributed by atoms with Crippen molar-refractivity contribution in [2.45, 2.75) is 24.8 Å². The second-order valence-electron chi connectivity index (χ2n) is 5.19. The fourth-order valence-corrected chi connectivity index (χ4v) is 3.01. The molecule has 1 fully saturated rings. The predicted molar refractivity (Wildman–Crippen MR) is 79.9 cm³/mol. The van der Waals surface area contributed by atoms with E-state index in [1.54, 1.807) is 0 Å². The van der Waals surface area contributed by atoms with Crippen molar-refractivity contribution in [3.8, 4) is 0 Å². The minimum absolute atomic E-state index is 0.249. The summed E-state index contributed by atoms with van der Waals surface area (Å²) in [6.07, 6.45) is 1.93. The fourth-order valence-electron chi connectivity index (χ4n) is 2.59. The lowest BCUT2D eigenvalue weighted by molar-refractivity contribution is 0.372. The van der Waals surface area contributed by atoms with Crippen LogP contribution in [0.1, 0.15) is 24.3 Å². The molecule has 0 bridgehead atoms. The average Bonchev–Trinajstić information content (AvgIpc) is 2.35. The first-order valence-electron chi connectivity index (χ1n) is 6.59. The number of halogens is 3. The van der Waals surface area contributed by atoms with Gasteiger partial charge < -0.3 is 5.32 Å². The Balaban J connectivity index is 1.61. The van der Waals surface area contributed by atoms with Gasteiger partial charge in [-0.05, 0) is 48.6 Å². The Morgan fingerprint density at radius 1 is 1.05 bits per heavy atom. The van der Waals surface area contributed by atoms with Gasteiger partial charge in [0.2, 0.25) is 0 Å². The molecule has 1 aliphatic carbocycles. The Hall–Kier alpha value is -1.42. The van der Waals surface area contributed by atoms with Crippen molar-refractivity contribution >= 4 is 21.6 Å². The lowest BCUT2D eigenvalue weighted by atomic mass is 9.76. The fraction of sp³-hybridized carbons (Fsp3) is 0.250. The molecule has 0 aliphatic heterocycles. The zero-order valence-electron chi connectivity index (χ0n) is 10.7. The van der Waals surface area contributed by atoms with Crippen LogP contribution in [0, 0.1) is 11.6 Å². The maximum Gasteiger partial charge on any atom is 0.149 e. The first-order chi connectivity index (χ1) is 9.61. The van der Waals surface area contributed by atoms with E-state index in [2.05, 4.69) is 33.4 Å². The topological polar surface area (TPSA) is 12.0 Å². The minimum Gasteiger partial charge on any atom is -0.380 e. The second-order valence-corrected chi connectivity index (χ2v) is 6.10. The van der Waals surface area contributed by atoms with Crippen molar-refractivity contribution in [3.63, 3.8) is 0 Å². The Kier molecular flexibility index (Phi) is 3.74. The van der Waals surface area contributed by atoms with E-state index in [1.165, 1.54) is 17.7 Å². The van der Waals surface area contributed by atoms with Gasteiger partial charge in [0, 0.05) is 16.6 Å². The molecule has 1 N–H and O–H groups in total. The van der Waals surface area contributed by atoms with Crippen molar-refractivity contribution in [2.75, 3.05) is 5.32 Å². The van der Waals surface area contributed by atoms with Crippen molar-refractivity contribution in [3.05, 3.63) is 64.1 Å². The zero-order valence-corrected chi connectivity index (χ0v) is 12.3. The van der Waals surface area contributed by atoms with Gasteiger partial charge in [0.1, 0.15) is 11.6 Å². The summed E-state index contributed by atoms with van der Waals surface area (Å²) < 4.78 is 27.4. The standard InChI is InChI=1S/C16H14BrF2N/c17-12-3-1-2-10(6-12)11-7-14(8-11)20-16-5-4-13(18)9-15(16)19/h1-6,9,11,14,20H,7-8H2. The van der Waals surface area contributed by atoms with Crippen LogP contribution < -0.4 is 5.32 Å². The molecular weight excluding hydrogens is 324 g/mol. The van der Waals surface area contributed by atoms with Crippen LogP contribution >= 0.6 is 15.9 Å². The van der Waals surface area contributed by atoms with E-state index in [4.69, 9.17) is 0 Å². The number of anilines is 1. The third-order valence-electron chi connectivity index (χ3n) is 3.75. The minimum atomic E-state index is -0.548. The van der Waals surface area contributed by atoms with E-state index in [1.807, 2.05) is 12.1 Å². The summed E-state index contributed by atoms with van der Waals surface area (Å²) in [4.78, 5) is 0. The Morgan fingerprint density at radius 2 is 1.85 bits per heavy atom. The maximum absolute atomic E-state index is 13.5. The third kappa shape index (κ3) is 2.85. The van der Waals surface area contributed by atoms with Gasteiger partial charge >= 0.3 is 0 Å². The van der Waals surface area contributed by atoms with Gasteiger partial charge in [-0.1, -0.05) is 28.1 Å². The molecule has 0 saturated heterocycles. The molecule has 20 heavy (non-hydrogen) atoms. The van der Waals surface area contributed by atoms with Crippen LogP contribution in [-0.4, -0.2) is 6.04 Å². The quantitative estimate of drug-likeness (QED) is 0.822. The van der Waals surface area contributed by atoms with Gasteiger partial charge in [0.25, 0.3) is 0 Å². The monoisotopic (exact) mass is 337 g/mol. The van der Waals surface area contributed by atoms with Crippen molar-refractivity contribution < 1.29 is 8.78 Å². The summed E-state index contributed by atoms with van der Waals surface area (Å²) in [5, 5.41) is 3.13. The summed E-state index contributed by atoms with van der Waals surface area (Å²) in [5.41, 5.74) is 1.68. The molecule has 0 aromatic heterocycles. The van der Waals surface area contributed by atoms with Crippen LogP contribution in [0.25, 0.3) is 0 Å². The summed E-state index contributed by atoms with van der Waals surface area (Å²) in [6, 6.07) is 12.2. The SMILES string of the molecule is Fc1ccc(NC2CC(c3cccc(Br)c3)C2)c(F)c1. The highest BCUT2D eigenvalue weighted by Gasteiger charge is 2.30. The predicted octanol–water partition coefficient (Wildman–Crippen LogP) is 5.09. The first-order valence-corrected chi connectivity index (χ1v) is 7.38. The molecule has 1 aliphatic rings. The average molecular weight is 338 g/mol. The van der Waals surface area contributed by atoms with E-state index < -0.39 is 11.6 Å². The van der Waals surface area contributed by atoms with Gasteiger partial charge in [0.15, 0.2) is 0 Å². The molecule has 3 rings (SSSR count). The lowest BCUT2D eigenvalue weighted by Crippen LogP contribution is -2.34. The first kappa shape index (κ1) is 13.6. The smallest absolute Gasteiger partial charge is 0.149 e. The summed E-state index contributed by atoms with van der Waals surface area (Å²) in [7, 11) is 0. The summed E-state index contributed by atoms with van der Waals surface area (Å²) in [6.45, 7) is 0. The molecule has 0 spiro atoms. The molecule has 0 atom stereocenters. The van der Waals surface area contributed by atoms with Gasteiger partial charge in [-0.25, -0.2) is 8.78 Å². The number of rotatable bonds is 3. The van der Waals surface area contributed by atoms with Crippen LogP contribution in [0.2, 0.25) is 0 Å². The van der Waals surface area contributed by atoms with Gasteiger partial charge in [-0.15, -0.1) is 0 Å². The zero-order chi connectivity index (χ0) is 14.1. The molecule has 104 valence electrons. The molecule has 0 heterocycles. The van der Waals surface area contributed by atoms with E-state index >= 15 is 0 Å². The van der Waals surface area contributed by atoms with Gasteiger partial charge in [-0.3, -0.25) is 0 Å². The Bertz CT molecular complexity index is 624. The lowest BCUT2D eigenvalue weighted by Gasteiger charge is -2.37. The van der Waals surface area contributed by atoms with Crippen LogP contribution in [0.4, 0.5) is 14.5 Å². The highest BCUT2D eigenvalue weighted by atomic mass is 79.9. The molecule has 2 aromatic rings. The van der Waals surface area contributed by atoms with E-state index in [0.29, 0.717) is 11.6 Å². The number of nitrogens with one attached hydrogen (secondary N) is 1. The number of benzene rings is 2. The van der Waals surface area contributed by atoms with Gasteiger partial charge in [0.05, 0.1) is 5.69 Å². The molecule has 4 heteroatoms. The van der Waals surface area contributed by atoms with Gasteiger partial charge in [-0.2, -0.15) is 0 Å². The Morgan fingerprint density at radius 3 is 2.55 bits per heavy atom. The maximum atomic E-state index is 13.5. The van der Waals surface area contributed by atoms with Crippen LogP contribution in [0.5, 0.6) is 0 Å². The Labute approximate surface area is 125 Å². The number of hydrogen-bond acceptors (Lipinski definition) is 1. The number of hydrogen-bond donors (Lipinski definition) is 1. The molecule has 2 aromatic carbocycles. The normalized spacial score (nSPS) is 21.4. The van der Waals surface area contributed by atoms with Crippen LogP contribution in [-0.2, 0) is 0 Å². The molecule has 0 unspecified atom stereocenters. The molecule has 1 nitrogen and oxygen atoms in total. The van der Waals surface area contributed by atoms with E-state index in [9.17, 15) is 8.78 Å². The summed E-state index contributed by atoms with van der Waals surface area (Å²) in [5.74, 6) is -0.571. The highest BCUT2D eigenvalue weighted by Crippen LogP contribution is 2.39. The summed E-state index contributed by atoms with van der Waals surface area (Å²) >= 11 is 3.47. The van der Waals surface area contributed by atoms with E-state index in [-0.39, 0.29) is 6.04 Å². The van der Waals surface area contributed by atoms with E-state index in [0.717, 1.165) is 23.4 Å². The van der Waals surface area contributed by atoms with Crippen molar-refractivity contribution in [1.82, 2.24) is 0 Å². The second kappa shape index (κ2) is 5.52. The molecular formula is C16H14BrF2N. The largest absolute Gasteiger partial charge is 0.380 e. The van der Waals surface area contributed by atoms with Crippen molar-refractivity contribution in [2.24, 2.45) is 0 Å². The van der Waals surface area contributed by atoms with Crippen LogP contribution in [0.3, 0.4) is 0 Å². The molecule has 1 saturated carbocycles.